The minimum atomic E-state index is -4.49. The molecule has 0 aromatic heterocycles. The number of piperazine rings is 1. The number of rotatable bonds is 1. The first-order valence-corrected chi connectivity index (χ1v) is 9.43. The van der Waals surface area contributed by atoms with Gasteiger partial charge in [-0.15, -0.1) is 0 Å². The maximum Gasteiger partial charge on any atom is 0.416 e. The number of benzene rings is 2. The van der Waals surface area contributed by atoms with Crippen LogP contribution in [0.5, 0.6) is 17.2 Å². The third-order valence-electron chi connectivity index (χ3n) is 5.19. The molecule has 0 spiro atoms. The van der Waals surface area contributed by atoms with E-state index in [-0.39, 0.29) is 17.3 Å². The second-order valence-electron chi connectivity index (χ2n) is 7.07. The van der Waals surface area contributed by atoms with Crippen molar-refractivity contribution in [3.63, 3.8) is 0 Å². The second kappa shape index (κ2) is 7.55. The lowest BCUT2D eigenvalue weighted by molar-refractivity contribution is -0.137. The lowest BCUT2D eigenvalue weighted by Crippen LogP contribution is -2.50. The van der Waals surface area contributed by atoms with Crippen molar-refractivity contribution < 1.29 is 27.4 Å². The predicted molar refractivity (Wildman–Crippen MR) is 105 cm³/mol. The predicted octanol–water partition coefficient (Wildman–Crippen LogP) is 4.06. The summed E-state index contributed by atoms with van der Waals surface area (Å²) in [6.45, 7) is 3.56. The quantitative estimate of drug-likeness (QED) is 0.700. The Balaban J connectivity index is 1.79. The van der Waals surface area contributed by atoms with Gasteiger partial charge in [0.2, 0.25) is 5.91 Å². The zero-order valence-corrected chi connectivity index (χ0v) is 16.5. The molecule has 6 nitrogen and oxygen atoms in total. The number of methoxy groups -OCH3 is 1. The van der Waals surface area contributed by atoms with E-state index in [2.05, 4.69) is 4.99 Å². The van der Waals surface area contributed by atoms with E-state index >= 15 is 0 Å². The van der Waals surface area contributed by atoms with Gasteiger partial charge in [0.1, 0.15) is 23.0 Å². The molecule has 30 heavy (non-hydrogen) atoms. The van der Waals surface area contributed by atoms with Crippen molar-refractivity contribution in [2.45, 2.75) is 13.1 Å². The molecule has 2 aliphatic rings. The third kappa shape index (κ3) is 3.79. The lowest BCUT2D eigenvalue weighted by atomic mass is 10.1. The fourth-order valence-corrected chi connectivity index (χ4v) is 3.53. The number of ether oxygens (including phenoxy) is 2. The number of fused-ring (bicyclic) bond motifs is 2. The standard InChI is InChI=1S/C21H20F3N3O3/c1-13(28)26-7-9-27(10-8-26)20-16-5-4-15(29-2)12-19(16)30-18-6-3-14(21(22,23)24)11-17(18)25-20/h3-6,11-12H,7-10H2,1-2H3. The first-order chi connectivity index (χ1) is 14.3. The van der Waals surface area contributed by atoms with Gasteiger partial charge >= 0.3 is 6.18 Å². The summed E-state index contributed by atoms with van der Waals surface area (Å²) in [4.78, 5) is 19.9. The summed E-state index contributed by atoms with van der Waals surface area (Å²) in [5.74, 6) is 1.74. The third-order valence-corrected chi connectivity index (χ3v) is 5.19. The van der Waals surface area contributed by atoms with Gasteiger partial charge in [-0.3, -0.25) is 4.79 Å². The van der Waals surface area contributed by atoms with Crippen LogP contribution in [-0.4, -0.2) is 54.8 Å². The average Bonchev–Trinajstić information content (AvgIpc) is 2.88. The van der Waals surface area contributed by atoms with E-state index in [1.165, 1.54) is 20.1 Å². The van der Waals surface area contributed by atoms with Crippen molar-refractivity contribution >= 4 is 17.4 Å². The molecular formula is C21H20F3N3O3. The van der Waals surface area contributed by atoms with Crippen LogP contribution in [0.1, 0.15) is 18.1 Å². The van der Waals surface area contributed by atoms with Gasteiger partial charge in [-0.2, -0.15) is 13.2 Å². The van der Waals surface area contributed by atoms with Crippen LogP contribution in [0.3, 0.4) is 0 Å². The van der Waals surface area contributed by atoms with E-state index in [1.807, 2.05) is 4.90 Å². The minimum absolute atomic E-state index is 0.00825. The highest BCUT2D eigenvalue weighted by atomic mass is 19.4. The SMILES string of the molecule is COc1ccc2c(c1)Oc1ccc(C(F)(F)F)cc1N=C2N1CCN(C(C)=O)CC1. The summed E-state index contributed by atoms with van der Waals surface area (Å²) in [6.07, 6.45) is -4.49. The molecule has 0 saturated carbocycles. The van der Waals surface area contributed by atoms with E-state index in [0.717, 1.165) is 12.1 Å². The molecule has 0 N–H and O–H groups in total. The van der Waals surface area contributed by atoms with Gasteiger partial charge in [0.05, 0.1) is 18.2 Å². The summed E-state index contributed by atoms with van der Waals surface area (Å²) in [5.41, 5.74) is -0.0429. The largest absolute Gasteiger partial charge is 0.497 e. The summed E-state index contributed by atoms with van der Waals surface area (Å²) >= 11 is 0. The fourth-order valence-electron chi connectivity index (χ4n) is 3.53. The molecule has 0 unspecified atom stereocenters. The van der Waals surface area contributed by atoms with Gasteiger partial charge in [-0.25, -0.2) is 4.99 Å². The van der Waals surface area contributed by atoms with Crippen LogP contribution in [0.4, 0.5) is 18.9 Å². The summed E-state index contributed by atoms with van der Waals surface area (Å²) in [6, 6.07) is 8.46. The van der Waals surface area contributed by atoms with Crippen LogP contribution in [0.25, 0.3) is 0 Å². The van der Waals surface area contributed by atoms with Crippen molar-refractivity contribution in [2.24, 2.45) is 4.99 Å². The van der Waals surface area contributed by atoms with Crippen molar-refractivity contribution in [3.05, 3.63) is 47.5 Å². The summed E-state index contributed by atoms with van der Waals surface area (Å²) < 4.78 is 50.9. The zero-order chi connectivity index (χ0) is 21.5. The van der Waals surface area contributed by atoms with Crippen LogP contribution in [0.2, 0.25) is 0 Å². The Morgan fingerprint density at radius 1 is 1.07 bits per heavy atom. The number of hydrogen-bond donors (Lipinski definition) is 0. The molecule has 2 aliphatic heterocycles. The number of carbonyl (C=O) groups is 1. The highest BCUT2D eigenvalue weighted by Gasteiger charge is 2.33. The van der Waals surface area contributed by atoms with Crippen LogP contribution < -0.4 is 9.47 Å². The van der Waals surface area contributed by atoms with E-state index in [9.17, 15) is 18.0 Å². The molecule has 0 aliphatic carbocycles. The highest BCUT2D eigenvalue weighted by molar-refractivity contribution is 6.04. The van der Waals surface area contributed by atoms with Gasteiger partial charge in [-0.1, -0.05) is 0 Å². The minimum Gasteiger partial charge on any atom is -0.497 e. The number of amides is 1. The molecule has 2 heterocycles. The van der Waals surface area contributed by atoms with Gasteiger partial charge < -0.3 is 19.3 Å². The van der Waals surface area contributed by atoms with Crippen molar-refractivity contribution in [1.29, 1.82) is 0 Å². The topological polar surface area (TPSA) is 54.4 Å². The Hall–Kier alpha value is -3.23. The van der Waals surface area contributed by atoms with E-state index in [0.29, 0.717) is 49.1 Å². The monoisotopic (exact) mass is 419 g/mol. The molecule has 2 aromatic rings. The van der Waals surface area contributed by atoms with Crippen LogP contribution in [0.15, 0.2) is 41.4 Å². The molecule has 1 amide bonds. The molecule has 0 bridgehead atoms. The molecule has 0 atom stereocenters. The number of amidine groups is 1. The molecule has 4 rings (SSSR count). The van der Waals surface area contributed by atoms with E-state index < -0.39 is 11.7 Å². The number of carbonyl (C=O) groups excluding carboxylic acids is 1. The van der Waals surface area contributed by atoms with Crippen molar-refractivity contribution in [3.8, 4) is 17.2 Å². The normalized spacial score (nSPS) is 16.1. The van der Waals surface area contributed by atoms with Gasteiger partial charge in [0.25, 0.3) is 0 Å². The number of hydrogen-bond acceptors (Lipinski definition) is 5. The average molecular weight is 419 g/mol. The van der Waals surface area contributed by atoms with Crippen LogP contribution >= 0.6 is 0 Å². The summed E-state index contributed by atoms with van der Waals surface area (Å²) in [5, 5.41) is 0. The van der Waals surface area contributed by atoms with E-state index in [1.54, 1.807) is 23.1 Å². The Morgan fingerprint density at radius 3 is 2.43 bits per heavy atom. The zero-order valence-electron chi connectivity index (χ0n) is 16.5. The highest BCUT2D eigenvalue weighted by Crippen LogP contribution is 2.42. The van der Waals surface area contributed by atoms with Crippen LogP contribution in [-0.2, 0) is 11.0 Å². The fraction of sp³-hybridized carbons (Fsp3) is 0.333. The molecule has 9 heteroatoms. The van der Waals surface area contributed by atoms with Gasteiger partial charge in [0, 0.05) is 39.2 Å². The lowest BCUT2D eigenvalue weighted by Gasteiger charge is -2.36. The Morgan fingerprint density at radius 2 is 1.80 bits per heavy atom. The Kier molecular flexibility index (Phi) is 5.05. The van der Waals surface area contributed by atoms with Crippen molar-refractivity contribution in [1.82, 2.24) is 9.80 Å². The number of alkyl halides is 3. The van der Waals surface area contributed by atoms with E-state index in [4.69, 9.17) is 9.47 Å². The molecule has 1 saturated heterocycles. The number of halogens is 3. The van der Waals surface area contributed by atoms with Crippen molar-refractivity contribution in [2.75, 3.05) is 33.3 Å². The van der Waals surface area contributed by atoms with Gasteiger partial charge in [-0.05, 0) is 30.3 Å². The number of aliphatic imine (C=N–C) groups is 1. The van der Waals surface area contributed by atoms with Gasteiger partial charge in [0.15, 0.2) is 5.75 Å². The maximum atomic E-state index is 13.2. The van der Waals surface area contributed by atoms with Crippen LogP contribution in [0, 0.1) is 0 Å². The smallest absolute Gasteiger partial charge is 0.416 e. The Labute approximate surface area is 171 Å². The molecular weight excluding hydrogens is 399 g/mol. The first-order valence-electron chi connectivity index (χ1n) is 9.43. The molecule has 0 radical (unpaired) electrons. The maximum absolute atomic E-state index is 13.2. The molecule has 2 aromatic carbocycles. The number of nitrogens with zero attached hydrogens (tertiary/aromatic N) is 3. The summed E-state index contributed by atoms with van der Waals surface area (Å²) in [7, 11) is 1.53. The first kappa shape index (κ1) is 20.1. The molecule has 158 valence electrons. The second-order valence-corrected chi connectivity index (χ2v) is 7.07. The molecule has 1 fully saturated rings. The Bertz CT molecular complexity index is 1010.